The van der Waals surface area contributed by atoms with Gasteiger partial charge in [-0.1, -0.05) is 43.3 Å². The lowest BCUT2D eigenvalue weighted by Gasteiger charge is -2.30. The van der Waals surface area contributed by atoms with E-state index < -0.39 is 0 Å². The van der Waals surface area contributed by atoms with E-state index in [0.717, 1.165) is 52.7 Å². The molecule has 3 aromatic rings. The minimum Gasteiger partial charge on any atom is -0.497 e. The molecule has 0 saturated heterocycles. The van der Waals surface area contributed by atoms with Gasteiger partial charge in [-0.25, -0.2) is 0 Å². The number of rotatable bonds is 12. The van der Waals surface area contributed by atoms with Gasteiger partial charge in [0.2, 0.25) is 5.91 Å². The summed E-state index contributed by atoms with van der Waals surface area (Å²) in [5, 5.41) is 7.06. The summed E-state index contributed by atoms with van der Waals surface area (Å²) in [6.07, 6.45) is 0.313. The third-order valence-corrected chi connectivity index (χ3v) is 6.08. The molecule has 7 heteroatoms. The summed E-state index contributed by atoms with van der Waals surface area (Å²) in [6.45, 7) is 10.8. The molecule has 1 N–H and O–H groups in total. The number of methoxy groups -OCH3 is 1. The molecular formula is C27H35N3O4. The average molecular weight is 466 g/mol. The Hall–Kier alpha value is -3.32. The zero-order valence-corrected chi connectivity index (χ0v) is 20.8. The summed E-state index contributed by atoms with van der Waals surface area (Å²) in [7, 11) is 1.67. The molecule has 1 amide bonds. The Kier molecular flexibility index (Phi) is 9.10. The van der Waals surface area contributed by atoms with E-state index in [-0.39, 0.29) is 11.9 Å². The van der Waals surface area contributed by atoms with Crippen LogP contribution in [-0.2, 0) is 17.8 Å². The summed E-state index contributed by atoms with van der Waals surface area (Å²) in [6, 6.07) is 15.7. The number of hydrogen-bond donors (Lipinski definition) is 1. The quantitative estimate of drug-likeness (QED) is 0.421. The van der Waals surface area contributed by atoms with E-state index in [1.165, 1.54) is 0 Å². The summed E-state index contributed by atoms with van der Waals surface area (Å²) in [5.74, 6) is 2.31. The molecule has 3 rings (SSSR count). The van der Waals surface area contributed by atoms with Crippen LogP contribution in [-0.4, -0.2) is 42.7 Å². The van der Waals surface area contributed by atoms with Crippen LogP contribution in [0, 0.1) is 13.8 Å². The Morgan fingerprint density at radius 3 is 2.44 bits per heavy atom. The van der Waals surface area contributed by atoms with Crippen molar-refractivity contribution in [3.05, 3.63) is 76.7 Å². The van der Waals surface area contributed by atoms with Gasteiger partial charge in [0.15, 0.2) is 0 Å². The second-order valence-corrected chi connectivity index (χ2v) is 8.23. The number of amides is 1. The number of benzene rings is 2. The highest BCUT2D eigenvalue weighted by atomic mass is 16.5. The molecular weight excluding hydrogens is 430 g/mol. The molecule has 0 bridgehead atoms. The highest BCUT2D eigenvalue weighted by Gasteiger charge is 2.19. The molecule has 0 radical (unpaired) electrons. The fourth-order valence-electron chi connectivity index (χ4n) is 4.00. The third kappa shape index (κ3) is 6.60. The van der Waals surface area contributed by atoms with Crippen LogP contribution >= 0.6 is 0 Å². The second-order valence-electron chi connectivity index (χ2n) is 8.23. The summed E-state index contributed by atoms with van der Waals surface area (Å²) in [4.78, 5) is 15.0. The zero-order chi connectivity index (χ0) is 24.5. The highest BCUT2D eigenvalue weighted by molar-refractivity contribution is 5.78. The Balaban J connectivity index is 1.56. The van der Waals surface area contributed by atoms with Crippen molar-refractivity contribution in [3.63, 3.8) is 0 Å². The van der Waals surface area contributed by atoms with E-state index in [1.54, 1.807) is 7.11 Å². The maximum atomic E-state index is 12.7. The SMILES string of the molecule is CCN(CC)C(CNC(=O)Cc1ccc(OCc2c(C)noc2C)cc1)c1cccc(OC)c1. The topological polar surface area (TPSA) is 76.8 Å². The normalized spacial score (nSPS) is 11.9. The van der Waals surface area contributed by atoms with Gasteiger partial charge in [0.25, 0.3) is 0 Å². The number of carbonyl (C=O) groups excluding carboxylic acids is 1. The summed E-state index contributed by atoms with van der Waals surface area (Å²) < 4.78 is 16.4. The molecule has 0 spiro atoms. The van der Waals surface area contributed by atoms with E-state index in [2.05, 4.69) is 35.3 Å². The molecule has 0 saturated carbocycles. The first kappa shape index (κ1) is 25.3. The van der Waals surface area contributed by atoms with Gasteiger partial charge in [0.05, 0.1) is 30.8 Å². The molecule has 0 fully saturated rings. The molecule has 0 aliphatic heterocycles. The number of nitrogens with zero attached hydrogens (tertiary/aromatic N) is 2. The predicted octanol–water partition coefficient (Wildman–Crippen LogP) is 4.62. The van der Waals surface area contributed by atoms with Crippen molar-refractivity contribution in [3.8, 4) is 11.5 Å². The highest BCUT2D eigenvalue weighted by Crippen LogP contribution is 2.24. The number of ether oxygens (including phenoxy) is 2. The molecule has 34 heavy (non-hydrogen) atoms. The predicted molar refractivity (Wildman–Crippen MR) is 132 cm³/mol. The van der Waals surface area contributed by atoms with Crippen molar-refractivity contribution in [2.24, 2.45) is 0 Å². The smallest absolute Gasteiger partial charge is 0.224 e. The van der Waals surface area contributed by atoms with Gasteiger partial charge in [-0.05, 0) is 62.3 Å². The van der Waals surface area contributed by atoms with Crippen LogP contribution < -0.4 is 14.8 Å². The number of likely N-dealkylation sites (N-methyl/N-ethyl adjacent to an activating group) is 1. The van der Waals surface area contributed by atoms with Gasteiger partial charge in [0, 0.05) is 6.54 Å². The fraction of sp³-hybridized carbons (Fsp3) is 0.407. The molecule has 1 aromatic heterocycles. The Bertz CT molecular complexity index is 1040. The number of carbonyl (C=O) groups is 1. The van der Waals surface area contributed by atoms with Crippen LogP contribution in [0.1, 0.15) is 48.0 Å². The Labute approximate surface area is 202 Å². The first-order valence-electron chi connectivity index (χ1n) is 11.7. The van der Waals surface area contributed by atoms with Gasteiger partial charge in [0.1, 0.15) is 23.9 Å². The van der Waals surface area contributed by atoms with Crippen LogP contribution in [0.3, 0.4) is 0 Å². The molecule has 2 aromatic carbocycles. The van der Waals surface area contributed by atoms with Crippen molar-refractivity contribution < 1.29 is 18.8 Å². The van der Waals surface area contributed by atoms with Crippen LogP contribution in [0.2, 0.25) is 0 Å². The summed E-state index contributed by atoms with van der Waals surface area (Å²) in [5.41, 5.74) is 3.86. The second kappa shape index (κ2) is 12.2. The van der Waals surface area contributed by atoms with Crippen molar-refractivity contribution in [1.29, 1.82) is 0 Å². The molecule has 182 valence electrons. The summed E-state index contributed by atoms with van der Waals surface area (Å²) >= 11 is 0. The number of hydrogen-bond acceptors (Lipinski definition) is 6. The van der Waals surface area contributed by atoms with Crippen LogP contribution in [0.15, 0.2) is 53.1 Å². The zero-order valence-electron chi connectivity index (χ0n) is 20.8. The number of aryl methyl sites for hydroxylation is 2. The third-order valence-electron chi connectivity index (χ3n) is 6.08. The van der Waals surface area contributed by atoms with E-state index in [0.29, 0.717) is 19.6 Å². The van der Waals surface area contributed by atoms with Crippen molar-refractivity contribution in [2.75, 3.05) is 26.7 Å². The lowest BCUT2D eigenvalue weighted by molar-refractivity contribution is -0.120. The molecule has 0 aliphatic carbocycles. The monoisotopic (exact) mass is 465 g/mol. The van der Waals surface area contributed by atoms with E-state index in [1.807, 2.05) is 56.3 Å². The lowest BCUT2D eigenvalue weighted by Crippen LogP contribution is -2.38. The Morgan fingerprint density at radius 1 is 1.09 bits per heavy atom. The minimum atomic E-state index is -0.00978. The van der Waals surface area contributed by atoms with Gasteiger partial charge in [-0.15, -0.1) is 0 Å². The van der Waals surface area contributed by atoms with Gasteiger partial charge in [-0.3, -0.25) is 9.69 Å². The maximum Gasteiger partial charge on any atom is 0.224 e. The molecule has 1 heterocycles. The van der Waals surface area contributed by atoms with Crippen molar-refractivity contribution in [2.45, 2.75) is 46.8 Å². The van der Waals surface area contributed by atoms with E-state index in [4.69, 9.17) is 14.0 Å². The number of nitrogens with one attached hydrogen (secondary N) is 1. The molecule has 1 unspecified atom stereocenters. The largest absolute Gasteiger partial charge is 0.497 e. The van der Waals surface area contributed by atoms with Gasteiger partial charge in [-0.2, -0.15) is 0 Å². The van der Waals surface area contributed by atoms with Gasteiger partial charge < -0.3 is 19.3 Å². The van der Waals surface area contributed by atoms with Gasteiger partial charge >= 0.3 is 0 Å². The first-order chi connectivity index (χ1) is 16.4. The lowest BCUT2D eigenvalue weighted by atomic mass is 10.0. The Morgan fingerprint density at radius 2 is 1.82 bits per heavy atom. The number of aromatic nitrogens is 1. The van der Waals surface area contributed by atoms with Crippen LogP contribution in [0.5, 0.6) is 11.5 Å². The average Bonchev–Trinajstić information content (AvgIpc) is 3.18. The van der Waals surface area contributed by atoms with Crippen LogP contribution in [0.4, 0.5) is 0 Å². The fourth-order valence-corrected chi connectivity index (χ4v) is 4.00. The molecule has 7 nitrogen and oxygen atoms in total. The standard InChI is InChI=1S/C27H35N3O4/c1-6-30(7-2)26(22-9-8-10-24(16-22)32-5)17-28-27(31)15-21-11-13-23(14-12-21)33-18-25-19(3)29-34-20(25)4/h8-14,16,26H,6-7,15,17-18H2,1-5H3,(H,28,31). The molecule has 1 atom stereocenters. The molecule has 0 aliphatic rings. The minimum absolute atomic E-state index is 0.00978. The van der Waals surface area contributed by atoms with Crippen molar-refractivity contribution in [1.82, 2.24) is 15.4 Å². The van der Waals surface area contributed by atoms with Crippen LogP contribution in [0.25, 0.3) is 0 Å². The van der Waals surface area contributed by atoms with E-state index >= 15 is 0 Å². The maximum absolute atomic E-state index is 12.7. The van der Waals surface area contributed by atoms with E-state index in [9.17, 15) is 4.79 Å². The van der Waals surface area contributed by atoms with Crippen molar-refractivity contribution >= 4 is 5.91 Å². The first-order valence-corrected chi connectivity index (χ1v) is 11.7.